The van der Waals surface area contributed by atoms with Gasteiger partial charge in [0.25, 0.3) is 0 Å². The number of ether oxygens (including phenoxy) is 2. The summed E-state index contributed by atoms with van der Waals surface area (Å²) in [5.74, 6) is 1.44. The highest BCUT2D eigenvalue weighted by Gasteiger charge is 2.11. The molecule has 0 atom stereocenters. The zero-order chi connectivity index (χ0) is 14.5. The van der Waals surface area contributed by atoms with Gasteiger partial charge in [-0.15, -0.1) is 0 Å². The zero-order valence-corrected chi connectivity index (χ0v) is 11.1. The molecule has 0 saturated heterocycles. The number of aromatic nitrogens is 2. The molecule has 0 saturated carbocycles. The molecular weight excluding hydrogens is 268 g/mol. The number of allylic oxidation sites excluding steroid dienone is 3. The number of rotatable bonds is 4. The van der Waals surface area contributed by atoms with Crippen LogP contribution in [0.1, 0.15) is 16.2 Å². The molecule has 1 aromatic carbocycles. The third-order valence-corrected chi connectivity index (χ3v) is 2.83. The molecule has 1 aliphatic rings. The molecule has 0 N–H and O–H groups in total. The summed E-state index contributed by atoms with van der Waals surface area (Å²) in [5, 5.41) is 0. The Bertz CT molecular complexity index is 709. The summed E-state index contributed by atoms with van der Waals surface area (Å²) in [6, 6.07) is 7.32. The number of carbonyl (C=O) groups excluding carboxylic acids is 1. The highest BCUT2D eigenvalue weighted by Crippen LogP contribution is 2.32. The molecule has 5 heteroatoms. The second kappa shape index (κ2) is 6.00. The number of fused-ring (bicyclic) bond motifs is 1. The van der Waals surface area contributed by atoms with Gasteiger partial charge in [-0.05, 0) is 29.8 Å². The Labute approximate surface area is 121 Å². The van der Waals surface area contributed by atoms with Crippen molar-refractivity contribution in [2.45, 2.75) is 0 Å². The van der Waals surface area contributed by atoms with Gasteiger partial charge in [-0.1, -0.05) is 24.3 Å². The molecule has 0 spiro atoms. The van der Waals surface area contributed by atoms with E-state index in [0.717, 1.165) is 17.1 Å². The molecule has 3 rings (SSSR count). The average Bonchev–Trinajstić information content (AvgIpc) is 3.00. The van der Waals surface area contributed by atoms with E-state index in [-0.39, 0.29) is 18.4 Å². The average molecular weight is 280 g/mol. The van der Waals surface area contributed by atoms with Crippen LogP contribution in [0.25, 0.3) is 6.08 Å². The molecule has 2 aromatic rings. The van der Waals surface area contributed by atoms with Crippen molar-refractivity contribution in [1.82, 2.24) is 9.97 Å². The summed E-state index contributed by atoms with van der Waals surface area (Å²) < 4.78 is 10.5. The van der Waals surface area contributed by atoms with Crippen LogP contribution in [0.2, 0.25) is 0 Å². The van der Waals surface area contributed by atoms with Crippen molar-refractivity contribution in [2.24, 2.45) is 0 Å². The van der Waals surface area contributed by atoms with E-state index in [9.17, 15) is 4.79 Å². The molecule has 0 unspecified atom stereocenters. The van der Waals surface area contributed by atoms with Gasteiger partial charge in [0.05, 0.1) is 0 Å². The summed E-state index contributed by atoms with van der Waals surface area (Å²) in [7, 11) is 0. The number of carbonyl (C=O) groups is 1. The highest BCUT2D eigenvalue weighted by atomic mass is 16.7. The molecule has 0 radical (unpaired) electrons. The van der Waals surface area contributed by atoms with Crippen LogP contribution in [0.5, 0.6) is 11.5 Å². The van der Waals surface area contributed by atoms with Crippen LogP contribution >= 0.6 is 0 Å². The Morgan fingerprint density at radius 3 is 2.76 bits per heavy atom. The number of ketones is 1. The SMILES string of the molecule is O=C(C=CC=Cc1ccc2c(c1)OCO2)c1ncccn1. The fourth-order valence-electron chi connectivity index (χ4n) is 1.83. The Kier molecular flexibility index (Phi) is 3.73. The van der Waals surface area contributed by atoms with E-state index < -0.39 is 0 Å². The van der Waals surface area contributed by atoms with Crippen LogP contribution < -0.4 is 9.47 Å². The summed E-state index contributed by atoms with van der Waals surface area (Å²) in [6.07, 6.45) is 9.81. The Morgan fingerprint density at radius 1 is 1.10 bits per heavy atom. The van der Waals surface area contributed by atoms with Crippen molar-refractivity contribution in [3.63, 3.8) is 0 Å². The topological polar surface area (TPSA) is 61.3 Å². The third kappa shape index (κ3) is 3.14. The van der Waals surface area contributed by atoms with Gasteiger partial charge < -0.3 is 9.47 Å². The molecule has 21 heavy (non-hydrogen) atoms. The number of benzene rings is 1. The smallest absolute Gasteiger partial charge is 0.231 e. The van der Waals surface area contributed by atoms with Crippen LogP contribution in [0.15, 0.2) is 54.9 Å². The van der Waals surface area contributed by atoms with Crippen LogP contribution in [0, 0.1) is 0 Å². The number of nitrogens with zero attached hydrogens (tertiary/aromatic N) is 2. The monoisotopic (exact) mass is 280 g/mol. The minimum Gasteiger partial charge on any atom is -0.454 e. The van der Waals surface area contributed by atoms with Gasteiger partial charge in [0.2, 0.25) is 12.6 Å². The molecular formula is C16H12N2O3. The van der Waals surface area contributed by atoms with Gasteiger partial charge in [-0.3, -0.25) is 4.79 Å². The fourth-order valence-corrected chi connectivity index (χ4v) is 1.83. The lowest BCUT2D eigenvalue weighted by Gasteiger charge is -1.96. The summed E-state index contributed by atoms with van der Waals surface area (Å²) >= 11 is 0. The largest absolute Gasteiger partial charge is 0.454 e. The van der Waals surface area contributed by atoms with E-state index in [1.807, 2.05) is 24.3 Å². The predicted molar refractivity (Wildman–Crippen MR) is 77.1 cm³/mol. The van der Waals surface area contributed by atoms with Gasteiger partial charge in [0.1, 0.15) is 0 Å². The zero-order valence-electron chi connectivity index (χ0n) is 11.1. The van der Waals surface area contributed by atoms with E-state index >= 15 is 0 Å². The van der Waals surface area contributed by atoms with Crippen LogP contribution in [0.3, 0.4) is 0 Å². The maximum atomic E-state index is 11.7. The summed E-state index contributed by atoms with van der Waals surface area (Å²) in [6.45, 7) is 0.258. The van der Waals surface area contributed by atoms with Crippen molar-refractivity contribution in [3.05, 3.63) is 66.3 Å². The molecule has 0 fully saturated rings. The molecule has 0 amide bonds. The van der Waals surface area contributed by atoms with Gasteiger partial charge in [0, 0.05) is 12.4 Å². The molecule has 5 nitrogen and oxygen atoms in total. The standard InChI is InChI=1S/C16H12N2O3/c19-13(16-17-8-3-9-18-16)5-2-1-4-12-6-7-14-15(10-12)21-11-20-14/h1-10H,11H2. The minimum absolute atomic E-state index is 0.185. The maximum Gasteiger partial charge on any atom is 0.231 e. The van der Waals surface area contributed by atoms with E-state index in [0.29, 0.717) is 0 Å². The quantitative estimate of drug-likeness (QED) is 0.489. The number of hydrogen-bond acceptors (Lipinski definition) is 5. The van der Waals surface area contributed by atoms with E-state index in [2.05, 4.69) is 9.97 Å². The van der Waals surface area contributed by atoms with Gasteiger partial charge >= 0.3 is 0 Å². The molecule has 104 valence electrons. The first kappa shape index (κ1) is 13.1. The van der Waals surface area contributed by atoms with Gasteiger partial charge in [0.15, 0.2) is 17.3 Å². The van der Waals surface area contributed by atoms with Crippen LogP contribution in [-0.4, -0.2) is 22.5 Å². The number of hydrogen-bond donors (Lipinski definition) is 0. The van der Waals surface area contributed by atoms with E-state index in [4.69, 9.17) is 9.47 Å². The van der Waals surface area contributed by atoms with Crippen LogP contribution in [-0.2, 0) is 0 Å². The fraction of sp³-hybridized carbons (Fsp3) is 0.0625. The van der Waals surface area contributed by atoms with E-state index in [1.54, 1.807) is 18.2 Å². The Morgan fingerprint density at radius 2 is 1.90 bits per heavy atom. The predicted octanol–water partition coefficient (Wildman–Crippen LogP) is 2.66. The third-order valence-electron chi connectivity index (χ3n) is 2.83. The van der Waals surface area contributed by atoms with E-state index in [1.165, 1.54) is 18.5 Å². The minimum atomic E-state index is -0.231. The Hall–Kier alpha value is -2.95. The van der Waals surface area contributed by atoms with Crippen molar-refractivity contribution in [1.29, 1.82) is 0 Å². The molecule has 0 aliphatic carbocycles. The van der Waals surface area contributed by atoms with Gasteiger partial charge in [-0.25, -0.2) is 9.97 Å². The lowest BCUT2D eigenvalue weighted by molar-refractivity contribution is 0.103. The lowest BCUT2D eigenvalue weighted by Crippen LogP contribution is -2.00. The lowest BCUT2D eigenvalue weighted by atomic mass is 10.2. The maximum absolute atomic E-state index is 11.7. The van der Waals surface area contributed by atoms with Crippen molar-refractivity contribution < 1.29 is 14.3 Å². The first-order valence-electron chi connectivity index (χ1n) is 6.39. The summed E-state index contributed by atoms with van der Waals surface area (Å²) in [5.41, 5.74) is 0.965. The second-order valence-corrected chi connectivity index (χ2v) is 4.27. The van der Waals surface area contributed by atoms with Crippen LogP contribution in [0.4, 0.5) is 0 Å². The van der Waals surface area contributed by atoms with Crippen molar-refractivity contribution >= 4 is 11.9 Å². The molecule has 2 heterocycles. The Balaban J connectivity index is 1.64. The van der Waals surface area contributed by atoms with Crippen molar-refractivity contribution in [3.8, 4) is 11.5 Å². The second-order valence-electron chi connectivity index (χ2n) is 4.27. The van der Waals surface area contributed by atoms with Gasteiger partial charge in [-0.2, -0.15) is 0 Å². The first-order valence-corrected chi connectivity index (χ1v) is 6.39. The summed E-state index contributed by atoms with van der Waals surface area (Å²) in [4.78, 5) is 19.5. The molecule has 1 aliphatic heterocycles. The molecule has 1 aromatic heterocycles. The molecule has 0 bridgehead atoms. The normalized spacial score (nSPS) is 13.1. The van der Waals surface area contributed by atoms with Crippen molar-refractivity contribution in [2.75, 3.05) is 6.79 Å². The first-order chi connectivity index (χ1) is 10.3. The highest BCUT2D eigenvalue weighted by molar-refractivity contribution is 6.01.